The Morgan fingerprint density at radius 3 is 2.81 bits per heavy atom. The fourth-order valence-electron chi connectivity index (χ4n) is 1.23. The maximum absolute atomic E-state index is 10.7. The first-order valence-electron chi connectivity index (χ1n) is 4.25. The number of rotatable bonds is 1. The van der Waals surface area contributed by atoms with Crippen LogP contribution in [0.3, 0.4) is 0 Å². The summed E-state index contributed by atoms with van der Waals surface area (Å²) in [5.41, 5.74) is 0.714. The Morgan fingerprint density at radius 2 is 2.12 bits per heavy atom. The van der Waals surface area contributed by atoms with Crippen LogP contribution in [0.1, 0.15) is 6.92 Å². The van der Waals surface area contributed by atoms with Gasteiger partial charge in [0, 0.05) is 12.3 Å². The highest BCUT2D eigenvalue weighted by Crippen LogP contribution is 2.23. The van der Waals surface area contributed by atoms with Crippen molar-refractivity contribution in [1.29, 1.82) is 0 Å². The van der Waals surface area contributed by atoms with Gasteiger partial charge in [-0.25, -0.2) is 9.97 Å². The van der Waals surface area contributed by atoms with Crippen molar-refractivity contribution in [3.05, 3.63) is 29.7 Å². The number of carbonyl (C=O) groups is 1. The van der Waals surface area contributed by atoms with Gasteiger partial charge in [-0.3, -0.25) is 4.79 Å². The second-order valence-electron chi connectivity index (χ2n) is 2.94. The molecule has 0 unspecified atom stereocenters. The van der Waals surface area contributed by atoms with Crippen LogP contribution in [-0.2, 0) is 4.79 Å². The van der Waals surface area contributed by atoms with Gasteiger partial charge in [-0.05, 0) is 18.2 Å². The average Bonchev–Trinajstić information content (AvgIpc) is 2.18. The van der Waals surface area contributed by atoms with Crippen LogP contribution >= 0.6 is 24.0 Å². The molecule has 0 saturated carbocycles. The van der Waals surface area contributed by atoms with Gasteiger partial charge in [0.05, 0.1) is 5.52 Å². The molecule has 0 radical (unpaired) electrons. The lowest BCUT2D eigenvalue weighted by Crippen LogP contribution is -2.01. The van der Waals surface area contributed by atoms with Crippen molar-refractivity contribution >= 4 is 40.9 Å². The summed E-state index contributed by atoms with van der Waals surface area (Å²) in [5, 5.41) is 1.01. The molecule has 0 aliphatic heterocycles. The van der Waals surface area contributed by atoms with E-state index in [1.807, 2.05) is 0 Å². The molecule has 0 bridgehead atoms. The monoisotopic (exact) mass is 258 g/mol. The lowest BCUT2D eigenvalue weighted by molar-refractivity contribution is -0.131. The largest absolute Gasteiger partial charge is 0.427 e. The molecule has 84 valence electrons. The van der Waals surface area contributed by atoms with Crippen LogP contribution in [0, 0.1) is 0 Å². The van der Waals surface area contributed by atoms with E-state index in [-0.39, 0.29) is 18.4 Å². The Balaban J connectivity index is 0.00000128. The van der Waals surface area contributed by atoms with Crippen LogP contribution in [0.4, 0.5) is 0 Å². The summed E-state index contributed by atoms with van der Waals surface area (Å²) in [5.74, 6) is 0.0639. The Kier molecular flexibility index (Phi) is 4.04. The topological polar surface area (TPSA) is 52.1 Å². The summed E-state index contributed by atoms with van der Waals surface area (Å²) in [7, 11) is 0. The summed E-state index contributed by atoms with van der Waals surface area (Å²) in [4.78, 5) is 18.6. The van der Waals surface area contributed by atoms with E-state index >= 15 is 0 Å². The lowest BCUT2D eigenvalue weighted by Gasteiger charge is -2.03. The quantitative estimate of drug-likeness (QED) is 0.448. The van der Waals surface area contributed by atoms with Crippen molar-refractivity contribution < 1.29 is 9.53 Å². The van der Waals surface area contributed by atoms with Gasteiger partial charge < -0.3 is 4.74 Å². The molecule has 0 atom stereocenters. The molecule has 1 aromatic heterocycles. The fraction of sp³-hybridized carbons (Fsp3) is 0.100. The zero-order valence-corrected chi connectivity index (χ0v) is 9.88. The number of ether oxygens (including phenoxy) is 1. The number of halogens is 2. The third kappa shape index (κ3) is 2.59. The van der Waals surface area contributed by atoms with Crippen molar-refractivity contribution in [3.8, 4) is 5.75 Å². The van der Waals surface area contributed by atoms with Crippen molar-refractivity contribution in [2.45, 2.75) is 6.92 Å². The van der Waals surface area contributed by atoms with Gasteiger partial charge in [-0.15, -0.1) is 12.4 Å². The normalized spacial score (nSPS) is 9.62. The molecule has 16 heavy (non-hydrogen) atoms. The summed E-state index contributed by atoms with van der Waals surface area (Å²) in [6, 6.07) is 5.02. The number of nitrogens with zero attached hydrogens (tertiary/aromatic N) is 2. The molecule has 0 aliphatic rings. The summed E-state index contributed by atoms with van der Waals surface area (Å²) in [6.45, 7) is 1.34. The zero-order chi connectivity index (χ0) is 10.8. The van der Waals surface area contributed by atoms with E-state index in [1.165, 1.54) is 13.3 Å². The maximum atomic E-state index is 10.7. The number of aromatic nitrogens is 2. The smallest absolute Gasteiger partial charge is 0.308 e. The number of hydrogen-bond acceptors (Lipinski definition) is 4. The minimum absolute atomic E-state index is 0. The molecule has 0 amide bonds. The highest BCUT2D eigenvalue weighted by Gasteiger charge is 2.04. The molecule has 6 heteroatoms. The Labute approximate surface area is 103 Å². The molecule has 0 aliphatic carbocycles. The van der Waals surface area contributed by atoms with E-state index < -0.39 is 0 Å². The van der Waals surface area contributed by atoms with E-state index in [1.54, 1.807) is 18.2 Å². The minimum Gasteiger partial charge on any atom is -0.427 e. The molecule has 2 rings (SSSR count). The van der Waals surface area contributed by atoms with Crippen molar-refractivity contribution in [3.63, 3.8) is 0 Å². The zero-order valence-electron chi connectivity index (χ0n) is 8.31. The SMILES string of the molecule is CC(=O)Oc1ccc2ncnc(Cl)c2c1.Cl. The molecular formula is C10H8Cl2N2O2. The maximum Gasteiger partial charge on any atom is 0.308 e. The second kappa shape index (κ2) is 5.09. The van der Waals surface area contributed by atoms with Gasteiger partial charge in [0.25, 0.3) is 0 Å². The first-order valence-corrected chi connectivity index (χ1v) is 4.63. The highest BCUT2D eigenvalue weighted by atomic mass is 35.5. The number of fused-ring (bicyclic) bond motifs is 1. The molecule has 1 aromatic carbocycles. The Bertz CT molecular complexity index is 531. The number of benzene rings is 1. The van der Waals surface area contributed by atoms with Crippen LogP contribution in [0.25, 0.3) is 10.9 Å². The van der Waals surface area contributed by atoms with Crippen molar-refractivity contribution in [2.24, 2.45) is 0 Å². The fourth-order valence-corrected chi connectivity index (χ4v) is 1.43. The number of esters is 1. The summed E-state index contributed by atoms with van der Waals surface area (Å²) < 4.78 is 4.92. The Hall–Kier alpha value is -1.39. The molecule has 0 spiro atoms. The third-order valence-electron chi connectivity index (χ3n) is 1.82. The van der Waals surface area contributed by atoms with E-state index in [0.717, 1.165) is 0 Å². The van der Waals surface area contributed by atoms with Gasteiger partial charge in [0.2, 0.25) is 0 Å². The molecule has 4 nitrogen and oxygen atoms in total. The van der Waals surface area contributed by atoms with Gasteiger partial charge in [0.15, 0.2) is 0 Å². The van der Waals surface area contributed by atoms with Crippen LogP contribution in [0.2, 0.25) is 5.15 Å². The van der Waals surface area contributed by atoms with Gasteiger partial charge in [0.1, 0.15) is 17.2 Å². The minimum atomic E-state index is -0.373. The van der Waals surface area contributed by atoms with Crippen molar-refractivity contribution in [2.75, 3.05) is 0 Å². The average molecular weight is 259 g/mol. The van der Waals surface area contributed by atoms with E-state index in [4.69, 9.17) is 16.3 Å². The lowest BCUT2D eigenvalue weighted by atomic mass is 10.2. The predicted molar refractivity (Wildman–Crippen MR) is 63.1 cm³/mol. The first kappa shape index (κ1) is 12.7. The van der Waals surface area contributed by atoms with E-state index in [0.29, 0.717) is 21.8 Å². The second-order valence-corrected chi connectivity index (χ2v) is 3.30. The predicted octanol–water partition coefficient (Wildman–Crippen LogP) is 2.63. The molecule has 1 heterocycles. The van der Waals surface area contributed by atoms with Gasteiger partial charge >= 0.3 is 5.97 Å². The van der Waals surface area contributed by atoms with Gasteiger partial charge in [-0.1, -0.05) is 11.6 Å². The molecule has 0 fully saturated rings. The first-order chi connectivity index (χ1) is 7.16. The summed E-state index contributed by atoms with van der Waals surface area (Å²) >= 11 is 5.87. The molecular weight excluding hydrogens is 251 g/mol. The molecule has 0 saturated heterocycles. The van der Waals surface area contributed by atoms with Gasteiger partial charge in [-0.2, -0.15) is 0 Å². The van der Waals surface area contributed by atoms with Crippen LogP contribution < -0.4 is 4.74 Å². The Morgan fingerprint density at radius 1 is 1.38 bits per heavy atom. The number of carbonyl (C=O) groups excluding carboxylic acids is 1. The van der Waals surface area contributed by atoms with Crippen molar-refractivity contribution in [1.82, 2.24) is 9.97 Å². The number of hydrogen-bond donors (Lipinski definition) is 0. The van der Waals surface area contributed by atoms with E-state index in [9.17, 15) is 4.79 Å². The van der Waals surface area contributed by atoms with Crippen LogP contribution in [0.15, 0.2) is 24.5 Å². The standard InChI is InChI=1S/C10H7ClN2O2.ClH/c1-6(14)15-7-2-3-9-8(4-7)10(11)13-5-12-9;/h2-5H,1H3;1H. The molecule has 2 aromatic rings. The molecule has 0 N–H and O–H groups in total. The summed E-state index contributed by atoms with van der Waals surface area (Å²) in [6.07, 6.45) is 1.39. The van der Waals surface area contributed by atoms with Crippen LogP contribution in [-0.4, -0.2) is 15.9 Å². The van der Waals surface area contributed by atoms with Crippen LogP contribution in [0.5, 0.6) is 5.75 Å². The highest BCUT2D eigenvalue weighted by molar-refractivity contribution is 6.34. The van der Waals surface area contributed by atoms with E-state index in [2.05, 4.69) is 9.97 Å². The third-order valence-corrected chi connectivity index (χ3v) is 2.12.